The summed E-state index contributed by atoms with van der Waals surface area (Å²) >= 11 is 0. The molecule has 0 N–H and O–H groups in total. The lowest BCUT2D eigenvalue weighted by Gasteiger charge is -2.39. The Morgan fingerprint density at radius 2 is 1.71 bits per heavy atom. The molecule has 0 amide bonds. The molecule has 3 rings (SSSR count). The largest absolute Gasteiger partial charge is 0.492 e. The van der Waals surface area contributed by atoms with E-state index in [2.05, 4.69) is 11.8 Å². The first-order valence-corrected chi connectivity index (χ1v) is 9.21. The summed E-state index contributed by atoms with van der Waals surface area (Å²) in [5.74, 6) is -0.399. The molecular weight excluding hydrogens is 374 g/mol. The SMILES string of the molecule is CC1(Oc2ccccc2)CCN(CCOc2cc(F)ccc2C(F)(F)F)CC1. The van der Waals surface area contributed by atoms with Gasteiger partial charge in [0.05, 0.1) is 5.56 Å². The van der Waals surface area contributed by atoms with Crippen LogP contribution in [0.5, 0.6) is 11.5 Å². The van der Waals surface area contributed by atoms with Crippen molar-refractivity contribution in [1.29, 1.82) is 0 Å². The van der Waals surface area contributed by atoms with Crippen molar-refractivity contribution in [3.8, 4) is 11.5 Å². The molecule has 0 saturated carbocycles. The van der Waals surface area contributed by atoms with E-state index in [1.807, 2.05) is 30.3 Å². The van der Waals surface area contributed by atoms with Gasteiger partial charge in [-0.3, -0.25) is 4.90 Å². The fourth-order valence-electron chi connectivity index (χ4n) is 3.26. The van der Waals surface area contributed by atoms with Crippen molar-refractivity contribution >= 4 is 0 Å². The van der Waals surface area contributed by atoms with Gasteiger partial charge in [-0.05, 0) is 44.0 Å². The van der Waals surface area contributed by atoms with E-state index in [1.165, 1.54) is 0 Å². The van der Waals surface area contributed by atoms with E-state index in [4.69, 9.17) is 9.47 Å². The lowest BCUT2D eigenvalue weighted by Crippen LogP contribution is -2.47. The van der Waals surface area contributed by atoms with E-state index >= 15 is 0 Å². The number of likely N-dealkylation sites (tertiary alicyclic amines) is 1. The first-order valence-electron chi connectivity index (χ1n) is 9.21. The minimum absolute atomic E-state index is 0.0583. The number of hydrogen-bond acceptors (Lipinski definition) is 3. The molecule has 28 heavy (non-hydrogen) atoms. The van der Waals surface area contributed by atoms with Crippen LogP contribution in [-0.4, -0.2) is 36.7 Å². The zero-order valence-corrected chi connectivity index (χ0v) is 15.6. The Hall–Kier alpha value is -2.28. The Kier molecular flexibility index (Phi) is 6.13. The maximum absolute atomic E-state index is 13.3. The van der Waals surface area contributed by atoms with Crippen molar-refractivity contribution in [3.05, 3.63) is 59.9 Å². The molecule has 0 unspecified atom stereocenters. The van der Waals surface area contributed by atoms with Crippen LogP contribution in [0.3, 0.4) is 0 Å². The van der Waals surface area contributed by atoms with Crippen LogP contribution in [-0.2, 0) is 6.18 Å². The summed E-state index contributed by atoms with van der Waals surface area (Å²) in [6, 6.07) is 11.9. The van der Waals surface area contributed by atoms with Gasteiger partial charge in [-0.15, -0.1) is 0 Å². The smallest absolute Gasteiger partial charge is 0.419 e. The Morgan fingerprint density at radius 3 is 2.36 bits per heavy atom. The number of ether oxygens (including phenoxy) is 2. The molecule has 0 bridgehead atoms. The summed E-state index contributed by atoms with van der Waals surface area (Å²) in [5.41, 5.74) is -1.23. The average molecular weight is 397 g/mol. The molecule has 0 radical (unpaired) electrons. The number of nitrogens with zero attached hydrogens (tertiary/aromatic N) is 1. The molecule has 1 heterocycles. The highest BCUT2D eigenvalue weighted by molar-refractivity contribution is 5.36. The summed E-state index contributed by atoms with van der Waals surface area (Å²) in [5, 5.41) is 0. The third-order valence-electron chi connectivity index (χ3n) is 4.94. The van der Waals surface area contributed by atoms with E-state index in [0.717, 1.165) is 43.8 Å². The van der Waals surface area contributed by atoms with Crippen molar-refractivity contribution in [2.45, 2.75) is 31.5 Å². The van der Waals surface area contributed by atoms with Crippen LogP contribution in [0.4, 0.5) is 17.6 Å². The Labute approximate surface area is 161 Å². The number of piperidine rings is 1. The molecule has 1 aliphatic heterocycles. The van der Waals surface area contributed by atoms with Crippen molar-refractivity contribution < 1.29 is 27.0 Å². The van der Waals surface area contributed by atoms with Crippen molar-refractivity contribution in [3.63, 3.8) is 0 Å². The fraction of sp³-hybridized carbons (Fsp3) is 0.429. The number of hydrogen-bond donors (Lipinski definition) is 0. The van der Waals surface area contributed by atoms with Crippen LogP contribution in [0.25, 0.3) is 0 Å². The van der Waals surface area contributed by atoms with Crippen LogP contribution >= 0.6 is 0 Å². The Bertz CT molecular complexity index is 772. The van der Waals surface area contributed by atoms with Crippen LogP contribution in [0.1, 0.15) is 25.3 Å². The van der Waals surface area contributed by atoms with Crippen LogP contribution in [0.15, 0.2) is 48.5 Å². The second-order valence-electron chi connectivity index (χ2n) is 7.19. The first-order chi connectivity index (χ1) is 13.3. The molecule has 152 valence electrons. The van der Waals surface area contributed by atoms with Gasteiger partial charge in [0, 0.05) is 25.7 Å². The molecule has 2 aromatic rings. The molecule has 2 aromatic carbocycles. The normalized spacial score (nSPS) is 17.3. The van der Waals surface area contributed by atoms with Gasteiger partial charge in [0.25, 0.3) is 0 Å². The molecule has 1 aliphatic rings. The van der Waals surface area contributed by atoms with E-state index in [-0.39, 0.29) is 12.2 Å². The minimum atomic E-state index is -4.58. The quantitative estimate of drug-likeness (QED) is 0.629. The Balaban J connectivity index is 1.49. The van der Waals surface area contributed by atoms with Crippen LogP contribution in [0, 0.1) is 5.82 Å². The summed E-state index contributed by atoms with van der Waals surface area (Å²) in [4.78, 5) is 2.11. The van der Waals surface area contributed by atoms with Crippen molar-refractivity contribution in [1.82, 2.24) is 4.90 Å². The maximum Gasteiger partial charge on any atom is 0.419 e. The molecule has 0 atom stereocenters. The third-order valence-corrected chi connectivity index (χ3v) is 4.94. The molecule has 3 nitrogen and oxygen atoms in total. The lowest BCUT2D eigenvalue weighted by atomic mass is 9.93. The van der Waals surface area contributed by atoms with Gasteiger partial charge in [-0.1, -0.05) is 18.2 Å². The predicted molar refractivity (Wildman–Crippen MR) is 98.0 cm³/mol. The van der Waals surface area contributed by atoms with E-state index in [0.29, 0.717) is 12.6 Å². The topological polar surface area (TPSA) is 21.7 Å². The summed E-state index contributed by atoms with van der Waals surface area (Å²) in [6.07, 6.45) is -2.98. The highest BCUT2D eigenvalue weighted by Crippen LogP contribution is 2.36. The monoisotopic (exact) mass is 397 g/mol. The third kappa shape index (κ3) is 5.38. The number of benzene rings is 2. The summed E-state index contributed by atoms with van der Waals surface area (Å²) in [7, 11) is 0. The average Bonchev–Trinajstić information content (AvgIpc) is 2.63. The number of alkyl halides is 3. The summed E-state index contributed by atoms with van der Waals surface area (Å²) in [6.45, 7) is 4.10. The highest BCUT2D eigenvalue weighted by atomic mass is 19.4. The Morgan fingerprint density at radius 1 is 1.04 bits per heavy atom. The van der Waals surface area contributed by atoms with E-state index in [9.17, 15) is 17.6 Å². The number of rotatable bonds is 6. The van der Waals surface area contributed by atoms with E-state index in [1.54, 1.807) is 0 Å². The van der Waals surface area contributed by atoms with Crippen LogP contribution < -0.4 is 9.47 Å². The second-order valence-corrected chi connectivity index (χ2v) is 7.19. The summed E-state index contributed by atoms with van der Waals surface area (Å²) < 4.78 is 63.7. The second kappa shape index (κ2) is 8.39. The molecule has 7 heteroatoms. The van der Waals surface area contributed by atoms with Crippen molar-refractivity contribution in [2.24, 2.45) is 0 Å². The van der Waals surface area contributed by atoms with Gasteiger partial charge >= 0.3 is 6.18 Å². The molecule has 0 spiro atoms. The van der Waals surface area contributed by atoms with Gasteiger partial charge in [0.1, 0.15) is 29.5 Å². The first kappa shape index (κ1) is 20.5. The zero-order valence-electron chi connectivity index (χ0n) is 15.6. The number of halogens is 4. The zero-order chi connectivity index (χ0) is 20.2. The molecular formula is C21H23F4NO2. The standard InChI is InChI=1S/C21H23F4NO2/c1-20(28-17-5-3-2-4-6-17)9-11-26(12-10-20)13-14-27-19-15-16(22)7-8-18(19)21(23,24)25/h2-8,15H,9-14H2,1H3. The van der Waals surface area contributed by atoms with Gasteiger partial charge in [-0.2, -0.15) is 13.2 Å². The van der Waals surface area contributed by atoms with E-state index < -0.39 is 23.3 Å². The number of para-hydroxylation sites is 1. The van der Waals surface area contributed by atoms with Gasteiger partial charge in [0.2, 0.25) is 0 Å². The predicted octanol–water partition coefficient (Wildman–Crippen LogP) is 5.16. The van der Waals surface area contributed by atoms with Crippen LogP contribution in [0.2, 0.25) is 0 Å². The lowest BCUT2D eigenvalue weighted by molar-refractivity contribution is -0.139. The molecule has 0 aromatic heterocycles. The molecule has 1 saturated heterocycles. The fourth-order valence-corrected chi connectivity index (χ4v) is 3.26. The van der Waals surface area contributed by atoms with Gasteiger partial charge in [-0.25, -0.2) is 4.39 Å². The maximum atomic E-state index is 13.3. The minimum Gasteiger partial charge on any atom is -0.492 e. The van der Waals surface area contributed by atoms with Crippen molar-refractivity contribution in [2.75, 3.05) is 26.2 Å². The molecule has 1 fully saturated rings. The highest BCUT2D eigenvalue weighted by Gasteiger charge is 2.35. The molecule has 0 aliphatic carbocycles. The van der Waals surface area contributed by atoms with Gasteiger partial charge in [0.15, 0.2) is 0 Å². The van der Waals surface area contributed by atoms with Gasteiger partial charge < -0.3 is 9.47 Å².